The molecule has 0 bridgehead atoms. The quantitative estimate of drug-likeness (QED) is 0.232. The summed E-state index contributed by atoms with van der Waals surface area (Å²) in [6.07, 6.45) is 3.56. The van der Waals surface area contributed by atoms with Crippen LogP contribution in [-0.4, -0.2) is 54.5 Å². The third-order valence-corrected chi connectivity index (χ3v) is 6.72. The Balaban J connectivity index is 3.08. The summed E-state index contributed by atoms with van der Waals surface area (Å²) in [4.78, 5) is 38.1. The molecule has 0 radical (unpaired) electrons. The molecular weight excluding hydrogens is 466 g/mol. The minimum Gasteiger partial charge on any atom is -0.478 e. The van der Waals surface area contributed by atoms with Crippen LogP contribution in [0.25, 0.3) is 0 Å². The largest absolute Gasteiger partial charge is 0.478 e. The van der Waals surface area contributed by atoms with Crippen molar-refractivity contribution in [1.29, 1.82) is 0 Å². The first-order valence-electron chi connectivity index (χ1n) is 12.9. The molecule has 0 aromatic heterocycles. The third-order valence-electron chi connectivity index (χ3n) is 6.72. The van der Waals surface area contributed by atoms with Crippen LogP contribution in [0.2, 0.25) is 0 Å². The van der Waals surface area contributed by atoms with Crippen LogP contribution in [0.3, 0.4) is 0 Å². The van der Waals surface area contributed by atoms with Gasteiger partial charge in [0, 0.05) is 17.0 Å². The van der Waals surface area contributed by atoms with Crippen LogP contribution in [0.4, 0.5) is 0 Å². The second-order valence-corrected chi connectivity index (χ2v) is 11.8. The van der Waals surface area contributed by atoms with Crippen LogP contribution < -0.4 is 16.0 Å². The van der Waals surface area contributed by atoms with Gasteiger partial charge in [0.15, 0.2) is 5.78 Å². The van der Waals surface area contributed by atoms with Crippen molar-refractivity contribution in [3.05, 3.63) is 59.2 Å². The van der Waals surface area contributed by atoms with Crippen molar-refractivity contribution in [3.8, 4) is 0 Å². The fraction of sp³-hybridized carbons (Fsp3) is 0.567. The van der Waals surface area contributed by atoms with Crippen molar-refractivity contribution in [3.63, 3.8) is 0 Å². The number of carboxylic acid groups (broad SMARTS) is 1. The molecule has 0 aliphatic heterocycles. The van der Waals surface area contributed by atoms with Crippen LogP contribution in [-0.2, 0) is 19.8 Å². The van der Waals surface area contributed by atoms with E-state index in [0.717, 1.165) is 11.1 Å². The topological polar surface area (TPSA) is 108 Å². The number of hydrogen-bond donors (Lipinski definition) is 4. The molecule has 0 aliphatic carbocycles. The Morgan fingerprint density at radius 1 is 0.973 bits per heavy atom. The van der Waals surface area contributed by atoms with E-state index in [1.807, 2.05) is 91.8 Å². The Hall–Kier alpha value is -2.77. The minimum atomic E-state index is -0.962. The second kappa shape index (κ2) is 13.7. The molecule has 0 saturated heterocycles. The van der Waals surface area contributed by atoms with Crippen molar-refractivity contribution in [2.24, 2.45) is 11.3 Å². The molecule has 4 N–H and O–H groups in total. The van der Waals surface area contributed by atoms with Gasteiger partial charge in [0.2, 0.25) is 5.91 Å². The van der Waals surface area contributed by atoms with Gasteiger partial charge in [-0.3, -0.25) is 9.59 Å². The summed E-state index contributed by atoms with van der Waals surface area (Å²) < 4.78 is 0. The number of nitrogens with one attached hydrogen (secondary N) is 3. The number of ketones is 1. The number of likely N-dealkylation sites (N-methyl/N-ethyl adjacent to an activating group) is 1. The Morgan fingerprint density at radius 2 is 1.54 bits per heavy atom. The zero-order valence-electron chi connectivity index (χ0n) is 24.2. The number of amides is 1. The van der Waals surface area contributed by atoms with Crippen LogP contribution in [0, 0.1) is 11.3 Å². The van der Waals surface area contributed by atoms with E-state index in [2.05, 4.69) is 16.0 Å². The molecule has 0 saturated carbocycles. The number of carboxylic acids is 1. The highest BCUT2D eigenvalue weighted by Gasteiger charge is 2.39. The van der Waals surface area contributed by atoms with Gasteiger partial charge < -0.3 is 21.1 Å². The lowest BCUT2D eigenvalue weighted by atomic mass is 9.76. The van der Waals surface area contributed by atoms with E-state index in [4.69, 9.17) is 5.11 Å². The normalized spacial score (nSPS) is 15.8. The van der Waals surface area contributed by atoms with Gasteiger partial charge in [-0.2, -0.15) is 0 Å². The average molecular weight is 514 g/mol. The van der Waals surface area contributed by atoms with E-state index in [1.54, 1.807) is 20.0 Å². The molecule has 1 aromatic rings. The Kier molecular flexibility index (Phi) is 11.9. The van der Waals surface area contributed by atoms with Crippen molar-refractivity contribution >= 4 is 17.7 Å². The molecule has 1 rings (SSSR count). The number of carbonyl (C=O) groups excluding carboxylic acids is 2. The number of Topliss-reactive ketones (excluding diaryl/α,β-unsaturated/α-hetero) is 1. The molecule has 3 unspecified atom stereocenters. The summed E-state index contributed by atoms with van der Waals surface area (Å²) in [5.74, 6) is -1.13. The monoisotopic (exact) mass is 513 g/mol. The maximum Gasteiger partial charge on any atom is 0.331 e. The van der Waals surface area contributed by atoms with Gasteiger partial charge in [0.05, 0.1) is 18.6 Å². The van der Waals surface area contributed by atoms with Crippen molar-refractivity contribution in [2.45, 2.75) is 85.9 Å². The molecule has 0 aliphatic rings. The highest BCUT2D eigenvalue weighted by Crippen LogP contribution is 2.28. The number of benzene rings is 1. The lowest BCUT2D eigenvalue weighted by molar-refractivity contribution is -0.132. The predicted octanol–water partition coefficient (Wildman–Crippen LogP) is 4.24. The number of aliphatic carboxylic acids is 1. The van der Waals surface area contributed by atoms with Crippen molar-refractivity contribution < 1.29 is 19.5 Å². The van der Waals surface area contributed by atoms with Gasteiger partial charge in [-0.05, 0) is 43.9 Å². The maximum atomic E-state index is 13.5. The van der Waals surface area contributed by atoms with Crippen LogP contribution in [0.1, 0.15) is 67.9 Å². The van der Waals surface area contributed by atoms with E-state index in [9.17, 15) is 14.4 Å². The fourth-order valence-corrected chi connectivity index (χ4v) is 4.40. The SMILES string of the molecule is CNC(C(=O)NC(C(=O)CNC(/C=C(C)/C=C(\C)C(=O)O)C(C)C)C(C)(C)C)C(C)(C)c1ccccc1. The van der Waals surface area contributed by atoms with Crippen molar-refractivity contribution in [2.75, 3.05) is 13.6 Å². The summed E-state index contributed by atoms with van der Waals surface area (Å²) >= 11 is 0. The van der Waals surface area contributed by atoms with Gasteiger partial charge in [-0.25, -0.2) is 4.79 Å². The summed E-state index contributed by atoms with van der Waals surface area (Å²) in [5.41, 5.74) is 1.08. The maximum absolute atomic E-state index is 13.5. The average Bonchev–Trinajstić information content (AvgIpc) is 2.79. The summed E-state index contributed by atoms with van der Waals surface area (Å²) in [5, 5.41) is 18.6. The van der Waals surface area contributed by atoms with Crippen molar-refractivity contribution in [1.82, 2.24) is 16.0 Å². The summed E-state index contributed by atoms with van der Waals surface area (Å²) in [6, 6.07) is 8.48. The third kappa shape index (κ3) is 9.56. The van der Waals surface area contributed by atoms with Gasteiger partial charge in [0.1, 0.15) is 0 Å². The highest BCUT2D eigenvalue weighted by molar-refractivity contribution is 5.93. The van der Waals surface area contributed by atoms with Gasteiger partial charge >= 0.3 is 5.97 Å². The lowest BCUT2D eigenvalue weighted by Gasteiger charge is -2.37. The molecular formula is C30H47N3O4. The lowest BCUT2D eigenvalue weighted by Crippen LogP contribution is -2.60. The fourth-order valence-electron chi connectivity index (χ4n) is 4.40. The molecule has 1 aromatic carbocycles. The van der Waals surface area contributed by atoms with E-state index in [1.165, 1.54) is 0 Å². The minimum absolute atomic E-state index is 0.0722. The number of rotatable bonds is 13. The zero-order chi connectivity index (χ0) is 28.6. The Labute approximate surface area is 223 Å². The van der Waals surface area contributed by atoms with E-state index < -0.39 is 28.9 Å². The number of allylic oxidation sites excluding steroid dienone is 2. The van der Waals surface area contributed by atoms with E-state index in [0.29, 0.717) is 0 Å². The number of hydrogen-bond acceptors (Lipinski definition) is 5. The molecule has 206 valence electrons. The molecule has 7 heteroatoms. The summed E-state index contributed by atoms with van der Waals surface area (Å²) in [6.45, 7) is 17.4. The van der Waals surface area contributed by atoms with Crippen LogP contribution in [0.5, 0.6) is 0 Å². The molecule has 3 atom stereocenters. The number of carbonyl (C=O) groups is 3. The van der Waals surface area contributed by atoms with Gasteiger partial charge in [-0.1, -0.05) is 90.4 Å². The molecule has 1 amide bonds. The highest BCUT2D eigenvalue weighted by atomic mass is 16.4. The molecule has 37 heavy (non-hydrogen) atoms. The first-order chi connectivity index (χ1) is 17.0. The molecule has 7 nitrogen and oxygen atoms in total. The smallest absolute Gasteiger partial charge is 0.331 e. The molecule has 0 fully saturated rings. The van der Waals surface area contributed by atoms with Crippen LogP contribution >= 0.6 is 0 Å². The first-order valence-corrected chi connectivity index (χ1v) is 12.9. The predicted molar refractivity (Wildman–Crippen MR) is 150 cm³/mol. The second-order valence-electron chi connectivity index (χ2n) is 11.8. The van der Waals surface area contributed by atoms with Gasteiger partial charge in [-0.15, -0.1) is 0 Å². The Bertz CT molecular complexity index is 988. The zero-order valence-corrected chi connectivity index (χ0v) is 24.2. The first kappa shape index (κ1) is 32.3. The standard InChI is InChI=1S/C30H47N3O4/c1-19(2)23(17-20(3)16-21(4)28(36)37)32-18-24(34)25(29(5,6)7)33-27(35)26(31-10)30(8,9)22-14-12-11-13-15-22/h11-17,19,23,25-26,31-32H,18H2,1-10H3,(H,33,35)(H,36,37)/b20-17+,21-16+. The summed E-state index contributed by atoms with van der Waals surface area (Å²) in [7, 11) is 1.76. The van der Waals surface area contributed by atoms with E-state index >= 15 is 0 Å². The van der Waals surface area contributed by atoms with Crippen LogP contribution in [0.15, 0.2) is 53.6 Å². The van der Waals surface area contributed by atoms with E-state index in [-0.39, 0.29) is 35.8 Å². The Morgan fingerprint density at radius 3 is 2.00 bits per heavy atom. The molecule has 0 heterocycles. The molecule has 0 spiro atoms. The van der Waals surface area contributed by atoms with Gasteiger partial charge in [0.25, 0.3) is 0 Å².